The van der Waals surface area contributed by atoms with Crippen molar-refractivity contribution in [2.24, 2.45) is 9.98 Å². The Balaban J connectivity index is 0.00000144. The van der Waals surface area contributed by atoms with Crippen molar-refractivity contribution in [3.05, 3.63) is 187 Å². The van der Waals surface area contributed by atoms with E-state index in [9.17, 15) is 0 Å². The Morgan fingerprint density at radius 2 is 0.647 bits per heavy atom. The number of rotatable bonds is 8. The van der Waals surface area contributed by atoms with Crippen LogP contribution in [-0.4, -0.2) is 16.4 Å². The molecular formula is C45H35Cl2CoN3. The third kappa shape index (κ3) is 8.80. The maximum absolute atomic E-state index is 5.29. The molecule has 6 heteroatoms. The molecule has 253 valence electrons. The van der Waals surface area contributed by atoms with E-state index in [0.29, 0.717) is 12.9 Å². The van der Waals surface area contributed by atoms with E-state index < -0.39 is 0 Å². The van der Waals surface area contributed by atoms with Crippen LogP contribution in [-0.2, 0) is 12.9 Å². The van der Waals surface area contributed by atoms with Crippen molar-refractivity contribution in [1.82, 2.24) is 4.98 Å². The molecule has 0 aliphatic heterocycles. The van der Waals surface area contributed by atoms with Gasteiger partial charge < -0.3 is 0 Å². The summed E-state index contributed by atoms with van der Waals surface area (Å²) in [5.41, 5.74) is 13.9. The van der Waals surface area contributed by atoms with Gasteiger partial charge in [0.1, 0.15) is 0 Å². The van der Waals surface area contributed by atoms with Crippen LogP contribution in [0.15, 0.2) is 186 Å². The number of aromatic nitrogens is 1. The molecule has 51 heavy (non-hydrogen) atoms. The molecule has 0 saturated carbocycles. The van der Waals surface area contributed by atoms with Gasteiger partial charge in [0.05, 0.1) is 34.2 Å². The summed E-state index contributed by atoms with van der Waals surface area (Å²) in [4.78, 5) is 15.7. The first-order valence-corrected chi connectivity index (χ1v) is 19.3. The zero-order valence-electron chi connectivity index (χ0n) is 28.2. The molecule has 6 aromatic carbocycles. The minimum absolute atomic E-state index is 0.382. The van der Waals surface area contributed by atoms with Gasteiger partial charge in [-0.2, -0.15) is 0 Å². The van der Waals surface area contributed by atoms with Crippen LogP contribution in [0.2, 0.25) is 0 Å². The second-order valence-corrected chi connectivity index (χ2v) is 13.4. The van der Waals surface area contributed by atoms with Crippen LogP contribution in [0.25, 0.3) is 44.5 Å². The summed E-state index contributed by atoms with van der Waals surface area (Å²) in [6, 6.07) is 60.6. The molecule has 0 bridgehead atoms. The summed E-state index contributed by atoms with van der Waals surface area (Å²) in [5.74, 6) is 0. The SMILES string of the molecule is CC(=Nc1c(-c2ccccc2)cccc1-c1ccccc1)c1cccc(C(C)=Nc2c(-c3ccccc3)cccc2-c2ccccc2)n1.[Cl][Co][Cl]. The molecule has 1 heterocycles. The van der Waals surface area contributed by atoms with Gasteiger partial charge in [0.25, 0.3) is 0 Å². The second-order valence-electron chi connectivity index (χ2n) is 11.7. The third-order valence-corrected chi connectivity index (χ3v) is 8.46. The van der Waals surface area contributed by atoms with E-state index in [1.54, 1.807) is 0 Å². The van der Waals surface area contributed by atoms with Crippen molar-refractivity contribution in [2.75, 3.05) is 0 Å². The molecule has 0 amide bonds. The average Bonchev–Trinajstić information content (AvgIpc) is 3.19. The van der Waals surface area contributed by atoms with E-state index in [2.05, 4.69) is 133 Å². The molecular weight excluding hydrogens is 712 g/mol. The van der Waals surface area contributed by atoms with E-state index >= 15 is 0 Å². The van der Waals surface area contributed by atoms with Gasteiger partial charge in [-0.25, -0.2) is 4.98 Å². The topological polar surface area (TPSA) is 37.6 Å². The summed E-state index contributed by atoms with van der Waals surface area (Å²) in [7, 11) is 9.47. The molecule has 3 nitrogen and oxygen atoms in total. The summed E-state index contributed by atoms with van der Waals surface area (Å²) in [5, 5.41) is 0. The fourth-order valence-electron chi connectivity index (χ4n) is 6.02. The third-order valence-electron chi connectivity index (χ3n) is 8.46. The van der Waals surface area contributed by atoms with Gasteiger partial charge in [0.15, 0.2) is 0 Å². The predicted octanol–water partition coefficient (Wildman–Crippen LogP) is 13.4. The van der Waals surface area contributed by atoms with Crippen molar-refractivity contribution in [2.45, 2.75) is 13.8 Å². The zero-order valence-corrected chi connectivity index (χ0v) is 30.7. The van der Waals surface area contributed by atoms with Gasteiger partial charge in [0, 0.05) is 22.3 Å². The van der Waals surface area contributed by atoms with Crippen molar-refractivity contribution in [3.8, 4) is 44.5 Å². The maximum atomic E-state index is 5.29. The molecule has 1 aromatic heterocycles. The molecule has 0 spiro atoms. The van der Waals surface area contributed by atoms with E-state index in [-0.39, 0.29) is 0 Å². The molecule has 7 rings (SSSR count). The average molecular weight is 748 g/mol. The summed E-state index contributed by atoms with van der Waals surface area (Å²) in [6.45, 7) is 4.07. The van der Waals surface area contributed by atoms with Crippen LogP contribution in [0.4, 0.5) is 11.4 Å². The minimum atomic E-state index is 0.382. The fraction of sp³-hybridized carbons (Fsp3) is 0.0444. The number of pyridine rings is 1. The Kier molecular flexibility index (Phi) is 12.4. The van der Waals surface area contributed by atoms with Crippen LogP contribution in [0.1, 0.15) is 25.2 Å². The Labute approximate surface area is 314 Å². The summed E-state index contributed by atoms with van der Waals surface area (Å²) in [6.07, 6.45) is 0. The van der Waals surface area contributed by atoms with E-state index in [1.807, 2.05) is 56.3 Å². The quantitative estimate of drug-likeness (QED) is 0.143. The first-order chi connectivity index (χ1) is 25.1. The fourth-order valence-corrected chi connectivity index (χ4v) is 6.02. The Morgan fingerprint density at radius 1 is 0.392 bits per heavy atom. The van der Waals surface area contributed by atoms with E-state index in [0.717, 1.165) is 78.7 Å². The van der Waals surface area contributed by atoms with Gasteiger partial charge in [-0.3, -0.25) is 9.98 Å². The monoisotopic (exact) mass is 746 g/mol. The number of aliphatic imine (C=N–C) groups is 2. The van der Waals surface area contributed by atoms with Crippen molar-refractivity contribution < 1.29 is 12.9 Å². The van der Waals surface area contributed by atoms with Crippen molar-refractivity contribution in [3.63, 3.8) is 0 Å². The number of benzene rings is 6. The number of para-hydroxylation sites is 2. The molecule has 0 saturated heterocycles. The van der Waals surface area contributed by atoms with Crippen LogP contribution in [0.5, 0.6) is 0 Å². The van der Waals surface area contributed by atoms with Gasteiger partial charge >= 0.3 is 33.2 Å². The van der Waals surface area contributed by atoms with Crippen LogP contribution < -0.4 is 0 Å². The molecule has 0 atom stereocenters. The second kappa shape index (κ2) is 17.7. The molecule has 0 unspecified atom stereocenters. The molecule has 7 aromatic rings. The normalized spacial score (nSPS) is 11.5. The van der Waals surface area contributed by atoms with Crippen molar-refractivity contribution in [1.29, 1.82) is 0 Å². The molecule has 0 fully saturated rings. The summed E-state index contributed by atoms with van der Waals surface area (Å²) >= 11 is 0.382. The Morgan fingerprint density at radius 3 is 0.922 bits per heavy atom. The Bertz CT molecular complexity index is 1980. The molecule has 0 radical (unpaired) electrons. The van der Waals surface area contributed by atoms with E-state index in [1.165, 1.54) is 0 Å². The first-order valence-electron chi connectivity index (χ1n) is 16.5. The van der Waals surface area contributed by atoms with Crippen molar-refractivity contribution >= 4 is 43.1 Å². The van der Waals surface area contributed by atoms with E-state index in [4.69, 9.17) is 35.3 Å². The van der Waals surface area contributed by atoms with Crippen LogP contribution >= 0.6 is 20.3 Å². The van der Waals surface area contributed by atoms with Gasteiger partial charge in [-0.1, -0.05) is 164 Å². The Hall–Kier alpha value is -5.10. The molecule has 0 aliphatic rings. The predicted molar refractivity (Wildman–Crippen MR) is 214 cm³/mol. The first kappa shape index (κ1) is 35.7. The standard InChI is InChI=1S/C45H35N3.2ClH.Co/c1-32(46-44-38(34-18-7-3-8-19-34)26-15-27-39(44)35-20-9-4-10-21-35)42-30-17-31-43(48-42)33(2)47-45-40(36-22-11-5-12-23-36)28-16-29-41(45)37-24-13-6-14-25-37;;;/h3-31H,1-2H3;2*1H;/q;;;+2/p-2. The number of halogens is 2. The van der Waals surface area contributed by atoms with Gasteiger partial charge in [-0.05, 0) is 48.2 Å². The zero-order chi connectivity index (χ0) is 35.4. The number of nitrogens with zero attached hydrogens (tertiary/aromatic N) is 3. The molecule has 0 aliphatic carbocycles. The van der Waals surface area contributed by atoms with Crippen LogP contribution in [0, 0.1) is 0 Å². The number of hydrogen-bond donors (Lipinski definition) is 0. The van der Waals surface area contributed by atoms with Gasteiger partial charge in [-0.15, -0.1) is 0 Å². The van der Waals surface area contributed by atoms with Gasteiger partial charge in [0.2, 0.25) is 0 Å². The number of hydrogen-bond acceptors (Lipinski definition) is 3. The van der Waals surface area contributed by atoms with Crippen LogP contribution in [0.3, 0.4) is 0 Å². The summed E-state index contributed by atoms with van der Waals surface area (Å²) < 4.78 is 0. The molecule has 0 N–H and O–H groups in total.